The molecule has 0 spiro atoms. The molecule has 1 saturated carbocycles. The fourth-order valence-corrected chi connectivity index (χ4v) is 4.04. The van der Waals surface area contributed by atoms with Crippen LogP contribution in [-0.4, -0.2) is 60.8 Å². The van der Waals surface area contributed by atoms with Crippen LogP contribution in [0.15, 0.2) is 0 Å². The van der Waals surface area contributed by atoms with Crippen molar-refractivity contribution < 1.29 is 33.0 Å². The molecular formula is C21H35F2N3O5. The van der Waals surface area contributed by atoms with Crippen molar-refractivity contribution in [2.75, 3.05) is 19.8 Å². The highest BCUT2D eigenvalue weighted by atomic mass is 19.3. The van der Waals surface area contributed by atoms with Gasteiger partial charge in [0.15, 0.2) is 0 Å². The van der Waals surface area contributed by atoms with E-state index in [4.69, 9.17) is 4.74 Å². The van der Waals surface area contributed by atoms with Crippen LogP contribution in [0, 0.1) is 17.8 Å². The average Bonchev–Trinajstić information content (AvgIpc) is 3.10. The van der Waals surface area contributed by atoms with Crippen LogP contribution in [0.3, 0.4) is 0 Å². The van der Waals surface area contributed by atoms with E-state index in [-0.39, 0.29) is 49.7 Å². The molecule has 1 aliphatic heterocycles. The predicted molar refractivity (Wildman–Crippen MR) is 109 cm³/mol. The minimum atomic E-state index is -2.64. The lowest BCUT2D eigenvalue weighted by molar-refractivity contribution is -0.126. The zero-order valence-corrected chi connectivity index (χ0v) is 18.3. The third-order valence-corrected chi connectivity index (χ3v) is 5.90. The van der Waals surface area contributed by atoms with Gasteiger partial charge >= 0.3 is 6.09 Å². The number of alkyl halides is 2. The van der Waals surface area contributed by atoms with Crippen LogP contribution >= 0.6 is 0 Å². The molecule has 1 unspecified atom stereocenters. The summed E-state index contributed by atoms with van der Waals surface area (Å²) in [5, 5.41) is 17.6. The Kier molecular flexibility index (Phi) is 9.46. The Bertz CT molecular complexity index is 622. The first kappa shape index (κ1) is 25.3. The predicted octanol–water partition coefficient (Wildman–Crippen LogP) is 1.96. The highest BCUT2D eigenvalue weighted by Crippen LogP contribution is 2.36. The molecule has 10 heteroatoms. The van der Waals surface area contributed by atoms with Crippen molar-refractivity contribution in [2.45, 2.75) is 76.8 Å². The summed E-state index contributed by atoms with van der Waals surface area (Å²) in [5.74, 6) is -3.46. The first-order valence-corrected chi connectivity index (χ1v) is 11.1. The van der Waals surface area contributed by atoms with Crippen LogP contribution in [-0.2, 0) is 14.3 Å². The second kappa shape index (κ2) is 11.6. The SMILES string of the molecule is CC(C)C[C@H](NC(=O)OCC1CCC(F)(F)CC1)C(=O)N[C@H](CO)CC1CCNC1=O. The number of rotatable bonds is 10. The Morgan fingerprint density at radius 1 is 1.23 bits per heavy atom. The standard InChI is InChI=1S/C21H35F2N3O5/c1-13(2)9-17(19(29)25-16(11-27)10-15-5-8-24-18(15)28)26-20(30)31-12-14-3-6-21(22,23)7-4-14/h13-17,27H,3-12H2,1-2H3,(H,24,28)(H,25,29)(H,26,30)/t15?,16-,17-/m0/s1. The van der Waals surface area contributed by atoms with E-state index in [1.165, 1.54) is 0 Å². The maximum atomic E-state index is 13.2. The third-order valence-electron chi connectivity index (χ3n) is 5.90. The second-order valence-corrected chi connectivity index (χ2v) is 9.12. The smallest absolute Gasteiger partial charge is 0.407 e. The van der Waals surface area contributed by atoms with Crippen molar-refractivity contribution in [3.05, 3.63) is 0 Å². The van der Waals surface area contributed by atoms with Gasteiger partial charge in [-0.3, -0.25) is 9.59 Å². The molecule has 1 aliphatic carbocycles. The van der Waals surface area contributed by atoms with E-state index >= 15 is 0 Å². The highest BCUT2D eigenvalue weighted by Gasteiger charge is 2.35. The number of ether oxygens (including phenoxy) is 1. The van der Waals surface area contributed by atoms with Gasteiger partial charge in [0.05, 0.1) is 19.3 Å². The lowest BCUT2D eigenvalue weighted by Gasteiger charge is -2.28. The molecule has 2 fully saturated rings. The van der Waals surface area contributed by atoms with Crippen molar-refractivity contribution in [2.24, 2.45) is 17.8 Å². The van der Waals surface area contributed by atoms with Crippen molar-refractivity contribution in [1.29, 1.82) is 0 Å². The van der Waals surface area contributed by atoms with Crippen LogP contribution in [0.25, 0.3) is 0 Å². The number of carbonyl (C=O) groups is 3. The fourth-order valence-electron chi connectivity index (χ4n) is 4.04. The molecule has 0 radical (unpaired) electrons. The molecule has 0 aromatic carbocycles. The van der Waals surface area contributed by atoms with Crippen molar-refractivity contribution in [1.82, 2.24) is 16.0 Å². The van der Waals surface area contributed by atoms with Crippen molar-refractivity contribution in [3.63, 3.8) is 0 Å². The van der Waals surface area contributed by atoms with Gasteiger partial charge in [-0.15, -0.1) is 0 Å². The van der Waals surface area contributed by atoms with Gasteiger partial charge in [0.1, 0.15) is 6.04 Å². The molecule has 0 bridgehead atoms. The molecule has 4 N–H and O–H groups in total. The largest absolute Gasteiger partial charge is 0.449 e. The molecule has 2 rings (SSSR count). The number of amides is 3. The molecule has 1 heterocycles. The van der Waals surface area contributed by atoms with E-state index in [0.29, 0.717) is 38.6 Å². The minimum absolute atomic E-state index is 0.0357. The third kappa shape index (κ3) is 8.59. The van der Waals surface area contributed by atoms with Gasteiger partial charge in [-0.1, -0.05) is 13.8 Å². The zero-order chi connectivity index (χ0) is 23.0. The average molecular weight is 448 g/mol. The molecule has 1 saturated heterocycles. The minimum Gasteiger partial charge on any atom is -0.449 e. The number of hydrogen-bond acceptors (Lipinski definition) is 5. The normalized spacial score (nSPS) is 23.2. The molecule has 178 valence electrons. The number of nitrogens with one attached hydrogen (secondary N) is 3. The summed E-state index contributed by atoms with van der Waals surface area (Å²) in [6.45, 7) is 4.11. The molecule has 31 heavy (non-hydrogen) atoms. The molecule has 8 nitrogen and oxygen atoms in total. The Morgan fingerprint density at radius 2 is 1.90 bits per heavy atom. The number of hydrogen-bond donors (Lipinski definition) is 4. The maximum absolute atomic E-state index is 13.2. The summed E-state index contributed by atoms with van der Waals surface area (Å²) in [4.78, 5) is 36.7. The lowest BCUT2D eigenvalue weighted by atomic mass is 9.87. The van der Waals surface area contributed by atoms with Crippen LogP contribution in [0.2, 0.25) is 0 Å². The molecule has 3 atom stereocenters. The van der Waals surface area contributed by atoms with Gasteiger partial charge in [-0.05, 0) is 43.9 Å². The first-order valence-electron chi connectivity index (χ1n) is 11.1. The Balaban J connectivity index is 1.83. The van der Waals surface area contributed by atoms with Crippen molar-refractivity contribution in [3.8, 4) is 0 Å². The number of carbonyl (C=O) groups excluding carboxylic acids is 3. The van der Waals surface area contributed by atoms with Crippen molar-refractivity contribution >= 4 is 17.9 Å². The fraction of sp³-hybridized carbons (Fsp3) is 0.857. The molecular weight excluding hydrogens is 412 g/mol. The Morgan fingerprint density at radius 3 is 2.45 bits per heavy atom. The van der Waals surface area contributed by atoms with Crippen LogP contribution in [0.4, 0.5) is 13.6 Å². The zero-order valence-electron chi connectivity index (χ0n) is 18.3. The van der Waals surface area contributed by atoms with Crippen LogP contribution in [0.5, 0.6) is 0 Å². The molecule has 0 aromatic heterocycles. The van der Waals surface area contributed by atoms with E-state index in [1.54, 1.807) is 0 Å². The second-order valence-electron chi connectivity index (χ2n) is 9.12. The lowest BCUT2D eigenvalue weighted by Crippen LogP contribution is -2.51. The van der Waals surface area contributed by atoms with E-state index in [0.717, 1.165) is 0 Å². The molecule has 2 aliphatic rings. The monoisotopic (exact) mass is 447 g/mol. The Hall–Kier alpha value is -1.97. The summed E-state index contributed by atoms with van der Waals surface area (Å²) in [6.07, 6.45) is 0.738. The van der Waals surface area contributed by atoms with E-state index in [1.807, 2.05) is 13.8 Å². The number of aliphatic hydroxyl groups excluding tert-OH is 1. The van der Waals surface area contributed by atoms with Gasteiger partial charge in [0.25, 0.3) is 0 Å². The topological polar surface area (TPSA) is 117 Å². The summed E-state index contributed by atoms with van der Waals surface area (Å²) < 4.78 is 31.7. The number of aliphatic hydroxyl groups is 1. The van der Waals surface area contributed by atoms with Gasteiger partial charge in [-0.2, -0.15) is 0 Å². The number of alkyl carbamates (subject to hydrolysis) is 1. The maximum Gasteiger partial charge on any atom is 0.407 e. The van der Waals surface area contributed by atoms with E-state index in [2.05, 4.69) is 16.0 Å². The summed E-state index contributed by atoms with van der Waals surface area (Å²) in [6, 6.07) is -1.47. The van der Waals surface area contributed by atoms with E-state index in [9.17, 15) is 28.3 Å². The van der Waals surface area contributed by atoms with Gasteiger partial charge in [0, 0.05) is 25.3 Å². The van der Waals surface area contributed by atoms with Crippen LogP contribution < -0.4 is 16.0 Å². The summed E-state index contributed by atoms with van der Waals surface area (Å²) >= 11 is 0. The highest BCUT2D eigenvalue weighted by molar-refractivity contribution is 5.86. The molecule has 0 aromatic rings. The Labute approximate surface area is 181 Å². The molecule has 3 amide bonds. The van der Waals surface area contributed by atoms with E-state index < -0.39 is 30.0 Å². The summed E-state index contributed by atoms with van der Waals surface area (Å²) in [7, 11) is 0. The van der Waals surface area contributed by atoms with Gasteiger partial charge in [-0.25, -0.2) is 13.6 Å². The van der Waals surface area contributed by atoms with Gasteiger partial charge < -0.3 is 25.8 Å². The first-order chi connectivity index (χ1) is 14.6. The van der Waals surface area contributed by atoms with Crippen LogP contribution in [0.1, 0.15) is 58.8 Å². The number of halogens is 2. The van der Waals surface area contributed by atoms with Gasteiger partial charge in [0.2, 0.25) is 17.7 Å². The summed E-state index contributed by atoms with van der Waals surface area (Å²) in [5.41, 5.74) is 0. The quantitative estimate of drug-likeness (QED) is 0.409.